The fraction of sp³-hybridized carbons (Fsp3) is 0.472. The van der Waals surface area contributed by atoms with Crippen molar-refractivity contribution < 1.29 is 77.9 Å². The first-order chi connectivity index (χ1) is 64.2. The fourth-order valence-corrected chi connectivity index (χ4v) is 16.6. The molecular formula is C89H109F9N28O8. The number of piperazine rings is 3. The molecule has 9 amide bonds. The summed E-state index contributed by atoms with van der Waals surface area (Å²) < 4.78 is 132. The molecule has 0 aliphatic carbocycles. The average Bonchev–Trinajstić information content (AvgIpc) is 1.73. The van der Waals surface area contributed by atoms with Gasteiger partial charge in [-0.15, -0.1) is 15.3 Å². The van der Waals surface area contributed by atoms with E-state index in [0.717, 1.165) is 156 Å². The highest BCUT2D eigenvalue weighted by molar-refractivity contribution is 5.94. The molecule has 9 aromatic heterocycles. The molecule has 0 aromatic carbocycles. The first-order valence-corrected chi connectivity index (χ1v) is 44.6. The number of urea groups is 1. The molecule has 6 fully saturated rings. The molecule has 134 heavy (non-hydrogen) atoms. The maximum Gasteiger partial charge on any atom is 0.417 e. The van der Waals surface area contributed by atoms with Gasteiger partial charge in [-0.25, -0.2) is 48.2 Å². The van der Waals surface area contributed by atoms with Crippen LogP contribution in [0.5, 0.6) is 0 Å². The smallest absolute Gasteiger partial charge is 0.384 e. The van der Waals surface area contributed by atoms with E-state index in [9.17, 15) is 77.9 Å². The lowest BCUT2D eigenvalue weighted by Gasteiger charge is -2.34. The molecule has 0 bridgehead atoms. The molecule has 0 saturated carbocycles. The molecule has 15 heterocycles. The standard InChI is InChI=1S/C31H38F3N9O3.C30H37F3N10O3.C28H34F3N9O2/c1-3-8-27(45)36-18-28(46)41-13-11-40(12-14-41)19-21-15-24-30(42-9-6-5-7-10-42)38-29(39-43(24)20-21)22-17-35-25(37-26(44)4-2)16-23(22)31(32,33)34;1-3-7-25(44)36-17-26(45)41-12-10-40(11-13-41)18-20-14-23-28(42-8-5-4-6-9-42)38-27(39-43(23)19-20)21-16-35-24(37-29(46)34-2)15-22(21)30(31,32)33;1-2-6-24(41)34-16-25(42)38-11-9-37(10-12-38)17-19-13-22-27(39-7-4-3-5-8-39)35-26(36-40(22)18-19)20-15-33-23(32)14-21(20)28(29,30)31/h3,8,15-17,20H,4-7,9-14,18-19H2,1-2H3,(H,36,45)(H,35,37,44);3,7,14-16,19H,4-6,8-13,17-18H2,1-2H3,(H,36,44)(H2,34,35,37,46);2,6,13-15,18H,3-5,7-12,16-17H2,1H3,(H2,32,33)(H,34,41)/b8-3-;7-3-;6-2-. The highest BCUT2D eigenvalue weighted by Crippen LogP contribution is 2.42. The molecule has 6 saturated heterocycles. The SMILES string of the molecule is C/C=C\C(=O)NCC(=O)N1CCN(Cc2cc3c(N4CCCCC4)nc(-c4cnc(N)cc4C(F)(F)F)nn3c2)CC1.C/C=C\C(=O)NCC(=O)N1CCN(Cc2cc3c(N4CCCCC4)nc(-c4cnc(NC(=O)CC)cc4C(F)(F)F)nn3c2)CC1.C/C=C\C(=O)NCC(=O)N1CCN(Cc2cc3c(N4CCCCC4)nc(-c4cnc(NC(=O)NC)cc4C(F)(F)F)nn3c2)CC1. The van der Waals surface area contributed by atoms with Crippen molar-refractivity contribution in [2.45, 2.75) is 130 Å². The maximum atomic E-state index is 14.3. The molecule has 6 aliphatic rings. The zero-order chi connectivity index (χ0) is 95.5. The number of nitrogens with two attached hydrogens (primary N) is 1. The summed E-state index contributed by atoms with van der Waals surface area (Å²) in [4.78, 5) is 140. The van der Waals surface area contributed by atoms with E-state index in [0.29, 0.717) is 127 Å². The number of pyridine rings is 3. The third-order valence-electron chi connectivity index (χ3n) is 23.5. The monoisotopic (exact) mass is 1870 g/mol. The first kappa shape index (κ1) is 98.1. The number of nitrogens with zero attached hydrogens (tertiary/aromatic N) is 21. The van der Waals surface area contributed by atoms with Gasteiger partial charge >= 0.3 is 24.6 Å². The predicted molar refractivity (Wildman–Crippen MR) is 482 cm³/mol. The fourth-order valence-electron chi connectivity index (χ4n) is 16.6. The van der Waals surface area contributed by atoms with Crippen LogP contribution in [-0.2, 0) is 71.7 Å². The number of carbonyl (C=O) groups excluding carboxylic acids is 8. The summed E-state index contributed by atoms with van der Waals surface area (Å²) in [5.41, 5.74) is 6.70. The summed E-state index contributed by atoms with van der Waals surface area (Å²) in [6.07, 6.45) is 12.4. The van der Waals surface area contributed by atoms with Gasteiger partial charge in [-0.1, -0.05) is 25.2 Å². The van der Waals surface area contributed by atoms with Gasteiger partial charge in [-0.3, -0.25) is 53.6 Å². The lowest BCUT2D eigenvalue weighted by Crippen LogP contribution is -2.50. The van der Waals surface area contributed by atoms with Gasteiger partial charge in [-0.05, 0) is 150 Å². The Hall–Kier alpha value is -13.5. The molecule has 6 aliphatic heterocycles. The second-order valence-electron chi connectivity index (χ2n) is 33.1. The minimum atomic E-state index is -4.76. The lowest BCUT2D eigenvalue weighted by atomic mass is 10.1. The van der Waals surface area contributed by atoms with E-state index in [1.807, 2.05) is 24.4 Å². The van der Waals surface area contributed by atoms with Crippen molar-refractivity contribution in [1.29, 1.82) is 0 Å². The Balaban J connectivity index is 0.000000171. The van der Waals surface area contributed by atoms with Crippen molar-refractivity contribution in [3.05, 3.63) is 143 Å². The summed E-state index contributed by atoms with van der Waals surface area (Å²) in [5, 5.41) is 28.2. The van der Waals surface area contributed by atoms with E-state index in [4.69, 9.17) is 5.73 Å². The van der Waals surface area contributed by atoms with Gasteiger partial charge in [0.15, 0.2) is 34.9 Å². The number of rotatable bonds is 24. The van der Waals surface area contributed by atoms with E-state index in [2.05, 4.69) is 107 Å². The number of fused-ring (bicyclic) bond motifs is 3. The minimum Gasteiger partial charge on any atom is -0.384 e. The Kier molecular flexibility index (Phi) is 32.5. The zero-order valence-electron chi connectivity index (χ0n) is 75.1. The number of amides is 9. The average molecular weight is 1870 g/mol. The number of carbonyl (C=O) groups is 8. The van der Waals surface area contributed by atoms with Crippen LogP contribution in [0.2, 0.25) is 0 Å². The molecule has 716 valence electrons. The largest absolute Gasteiger partial charge is 0.417 e. The molecule has 15 rings (SSSR count). The molecular weight excluding hydrogens is 1760 g/mol. The quantitative estimate of drug-likeness (QED) is 0.0219. The van der Waals surface area contributed by atoms with Gasteiger partial charge in [0.25, 0.3) is 0 Å². The summed E-state index contributed by atoms with van der Waals surface area (Å²) in [7, 11) is 1.35. The van der Waals surface area contributed by atoms with Gasteiger partial charge in [0.1, 0.15) is 34.0 Å². The van der Waals surface area contributed by atoms with Crippen LogP contribution in [0.1, 0.15) is 125 Å². The number of aromatic nitrogens is 12. The summed E-state index contributed by atoms with van der Waals surface area (Å²) in [6.45, 7) is 19.6. The van der Waals surface area contributed by atoms with Crippen LogP contribution < -0.4 is 52.3 Å². The zero-order valence-corrected chi connectivity index (χ0v) is 75.1. The van der Waals surface area contributed by atoms with Crippen molar-refractivity contribution in [2.75, 3.05) is 176 Å². The number of allylic oxidation sites excluding steroid dienone is 3. The lowest BCUT2D eigenvalue weighted by molar-refractivity contribution is -0.138. The van der Waals surface area contributed by atoms with Gasteiger partial charge < -0.3 is 61.7 Å². The van der Waals surface area contributed by atoms with Gasteiger partial charge in [0, 0.05) is 188 Å². The third kappa shape index (κ3) is 25.5. The number of hydrogen-bond donors (Lipinski definition) is 7. The van der Waals surface area contributed by atoms with E-state index in [1.54, 1.807) is 86.6 Å². The Morgan fingerprint density at radius 1 is 0.396 bits per heavy atom. The number of alkyl halides is 9. The Morgan fingerprint density at radius 3 is 0.985 bits per heavy atom. The molecule has 0 radical (unpaired) electrons. The second-order valence-corrected chi connectivity index (χ2v) is 33.1. The Bertz CT molecular complexity index is 5560. The van der Waals surface area contributed by atoms with Crippen LogP contribution in [0.4, 0.5) is 79.2 Å². The van der Waals surface area contributed by atoms with Crippen LogP contribution in [0.15, 0.2) is 110 Å². The van der Waals surface area contributed by atoms with Crippen molar-refractivity contribution >= 4 is 98.8 Å². The van der Waals surface area contributed by atoms with Crippen molar-refractivity contribution in [3.63, 3.8) is 0 Å². The molecule has 36 nitrogen and oxygen atoms in total. The number of halogens is 9. The van der Waals surface area contributed by atoms with Crippen LogP contribution in [-0.4, -0.2) is 280 Å². The van der Waals surface area contributed by atoms with Crippen molar-refractivity contribution in [3.8, 4) is 34.2 Å². The van der Waals surface area contributed by atoms with E-state index >= 15 is 0 Å². The normalized spacial score (nSPS) is 16.4. The number of nitrogen functional groups attached to an aromatic ring is 1. The van der Waals surface area contributed by atoms with E-state index in [-0.39, 0.29) is 113 Å². The number of nitrogens with one attached hydrogen (secondary N) is 6. The minimum absolute atomic E-state index is 0.0477. The number of anilines is 6. The van der Waals surface area contributed by atoms with Crippen LogP contribution in [0.3, 0.4) is 0 Å². The van der Waals surface area contributed by atoms with Gasteiger partial charge in [0.2, 0.25) is 41.4 Å². The number of hydrogen-bond acceptors (Lipinski definition) is 24. The Labute approximate surface area is 766 Å². The van der Waals surface area contributed by atoms with E-state index in [1.165, 1.54) is 25.3 Å². The van der Waals surface area contributed by atoms with Gasteiger partial charge in [-0.2, -0.15) is 39.5 Å². The van der Waals surface area contributed by atoms with Gasteiger partial charge in [0.05, 0.1) is 53.0 Å². The molecule has 0 spiro atoms. The van der Waals surface area contributed by atoms with Crippen molar-refractivity contribution in [2.24, 2.45) is 0 Å². The molecule has 9 aromatic rings. The molecule has 8 N–H and O–H groups in total. The van der Waals surface area contributed by atoms with Crippen LogP contribution in [0.25, 0.3) is 50.7 Å². The maximum absolute atomic E-state index is 14.3. The van der Waals surface area contributed by atoms with Crippen LogP contribution in [0, 0.1) is 0 Å². The topological polar surface area (TPSA) is 393 Å². The molecule has 0 atom stereocenters. The highest BCUT2D eigenvalue weighted by atomic mass is 19.4. The summed E-state index contributed by atoms with van der Waals surface area (Å²) in [5.74, 6) is -1.09. The van der Waals surface area contributed by atoms with Crippen molar-refractivity contribution in [1.82, 2.24) is 109 Å². The van der Waals surface area contributed by atoms with E-state index < -0.39 is 47.2 Å². The molecule has 0 unspecified atom stereocenters. The molecule has 45 heteroatoms. The Morgan fingerprint density at radius 2 is 0.694 bits per heavy atom. The summed E-state index contributed by atoms with van der Waals surface area (Å²) >= 11 is 0. The summed E-state index contributed by atoms with van der Waals surface area (Å²) in [6, 6.07) is 7.62. The third-order valence-corrected chi connectivity index (χ3v) is 23.5. The first-order valence-electron chi connectivity index (χ1n) is 44.6. The van der Waals surface area contributed by atoms with Crippen LogP contribution >= 0.6 is 0 Å². The predicted octanol–water partition coefficient (Wildman–Crippen LogP) is 9.09. The second kappa shape index (κ2) is 44.4. The highest BCUT2D eigenvalue weighted by Gasteiger charge is 2.40. The number of piperidine rings is 3.